The third-order valence-electron chi connectivity index (χ3n) is 3.50. The molecule has 1 aromatic rings. The van der Waals surface area contributed by atoms with Crippen LogP contribution < -0.4 is 5.32 Å². The number of amides is 2. The van der Waals surface area contributed by atoms with E-state index < -0.39 is 6.04 Å². The van der Waals surface area contributed by atoms with Gasteiger partial charge in [-0.2, -0.15) is 0 Å². The first-order valence-corrected chi connectivity index (χ1v) is 7.69. The second kappa shape index (κ2) is 6.14. The maximum absolute atomic E-state index is 12.3. The number of carbonyl (C=O) groups excluding carboxylic acids is 2. The number of benzene rings is 1. The highest BCUT2D eigenvalue weighted by atomic mass is 79.9. The van der Waals surface area contributed by atoms with Crippen molar-refractivity contribution < 1.29 is 9.59 Å². The first-order chi connectivity index (χ1) is 9.45. The Bertz CT molecular complexity index is 550. The third kappa shape index (κ3) is 2.83. The van der Waals surface area contributed by atoms with Gasteiger partial charge < -0.3 is 5.32 Å². The summed E-state index contributed by atoms with van der Waals surface area (Å²) < 4.78 is 0.698. The summed E-state index contributed by atoms with van der Waals surface area (Å²) in [6.45, 7) is 3.84. The average Bonchev–Trinajstić information content (AvgIpc) is 2.69. The Balaban J connectivity index is 2.17. The summed E-state index contributed by atoms with van der Waals surface area (Å²) in [5, 5.41) is 3.66. The van der Waals surface area contributed by atoms with E-state index in [-0.39, 0.29) is 24.3 Å². The minimum atomic E-state index is -0.522. The van der Waals surface area contributed by atoms with Gasteiger partial charge in [-0.1, -0.05) is 24.6 Å². The Kier molecular flexibility index (Phi) is 4.70. The highest BCUT2D eigenvalue weighted by Crippen LogP contribution is 2.32. The predicted molar refractivity (Wildman–Crippen MR) is 82.8 cm³/mol. The first kappa shape index (κ1) is 15.3. The number of anilines is 1. The molecule has 2 rings (SSSR count). The molecule has 1 heterocycles. The maximum Gasteiger partial charge on any atom is 0.252 e. The van der Waals surface area contributed by atoms with Crippen LogP contribution in [-0.2, 0) is 9.59 Å². The van der Waals surface area contributed by atoms with E-state index in [1.54, 1.807) is 12.1 Å². The fraction of sp³-hybridized carbons (Fsp3) is 0.429. The van der Waals surface area contributed by atoms with Crippen LogP contribution in [0.4, 0.5) is 5.69 Å². The van der Waals surface area contributed by atoms with Crippen molar-refractivity contribution in [2.24, 2.45) is 0 Å². The molecule has 1 aromatic carbocycles. The summed E-state index contributed by atoms with van der Waals surface area (Å²) in [6.07, 6.45) is 0.938. The SMILES string of the molecule is CCC(C)N1C(=O)CC(Nc2cccc(Cl)c2Br)C1=O. The lowest BCUT2D eigenvalue weighted by molar-refractivity contribution is -0.140. The molecule has 1 N–H and O–H groups in total. The summed E-state index contributed by atoms with van der Waals surface area (Å²) in [4.78, 5) is 25.6. The Hall–Kier alpha value is -1.07. The molecule has 4 nitrogen and oxygen atoms in total. The zero-order valence-corrected chi connectivity index (χ0v) is 13.7. The summed E-state index contributed by atoms with van der Waals surface area (Å²) >= 11 is 9.39. The van der Waals surface area contributed by atoms with Crippen molar-refractivity contribution >= 4 is 45.0 Å². The molecule has 1 aliphatic rings. The van der Waals surface area contributed by atoms with Crippen LogP contribution in [0.2, 0.25) is 5.02 Å². The zero-order valence-electron chi connectivity index (χ0n) is 11.3. The fourth-order valence-corrected chi connectivity index (χ4v) is 2.77. The fourth-order valence-electron chi connectivity index (χ4n) is 2.21. The minimum absolute atomic E-state index is 0.0652. The Morgan fingerprint density at radius 3 is 2.85 bits per heavy atom. The molecular weight excluding hydrogens is 344 g/mol. The van der Waals surface area contributed by atoms with Crippen LogP contribution in [0.15, 0.2) is 22.7 Å². The molecule has 1 saturated heterocycles. The molecule has 108 valence electrons. The lowest BCUT2D eigenvalue weighted by Crippen LogP contribution is -2.40. The number of carbonyl (C=O) groups is 2. The molecule has 20 heavy (non-hydrogen) atoms. The zero-order chi connectivity index (χ0) is 14.9. The van der Waals surface area contributed by atoms with Crippen molar-refractivity contribution in [3.8, 4) is 0 Å². The summed E-state index contributed by atoms with van der Waals surface area (Å²) in [6, 6.07) is 4.78. The topological polar surface area (TPSA) is 49.4 Å². The smallest absolute Gasteiger partial charge is 0.252 e. The molecule has 0 radical (unpaired) electrons. The molecule has 2 amide bonds. The van der Waals surface area contributed by atoms with Gasteiger partial charge in [-0.15, -0.1) is 0 Å². The van der Waals surface area contributed by atoms with Gasteiger partial charge in [-0.05, 0) is 41.4 Å². The van der Waals surface area contributed by atoms with Gasteiger partial charge in [0.15, 0.2) is 0 Å². The van der Waals surface area contributed by atoms with E-state index in [2.05, 4.69) is 21.2 Å². The van der Waals surface area contributed by atoms with E-state index >= 15 is 0 Å². The van der Waals surface area contributed by atoms with Crippen molar-refractivity contribution in [1.82, 2.24) is 4.90 Å². The van der Waals surface area contributed by atoms with E-state index in [9.17, 15) is 9.59 Å². The van der Waals surface area contributed by atoms with Gasteiger partial charge in [0.2, 0.25) is 5.91 Å². The van der Waals surface area contributed by atoms with Crippen molar-refractivity contribution in [2.75, 3.05) is 5.32 Å². The van der Waals surface area contributed by atoms with E-state index in [0.29, 0.717) is 9.50 Å². The summed E-state index contributed by atoms with van der Waals surface area (Å²) in [5.41, 5.74) is 0.717. The molecule has 2 unspecified atom stereocenters. The van der Waals surface area contributed by atoms with Gasteiger partial charge in [0, 0.05) is 6.04 Å². The molecule has 0 aliphatic carbocycles. The van der Waals surface area contributed by atoms with Crippen LogP contribution >= 0.6 is 27.5 Å². The molecule has 1 fully saturated rings. The van der Waals surface area contributed by atoms with Crippen molar-refractivity contribution in [3.05, 3.63) is 27.7 Å². The molecule has 0 spiro atoms. The highest BCUT2D eigenvalue weighted by molar-refractivity contribution is 9.10. The van der Waals surface area contributed by atoms with Crippen LogP contribution in [-0.4, -0.2) is 28.8 Å². The minimum Gasteiger partial charge on any atom is -0.372 e. The lowest BCUT2D eigenvalue weighted by atomic mass is 10.2. The van der Waals surface area contributed by atoms with Crippen LogP contribution in [0.25, 0.3) is 0 Å². The highest BCUT2D eigenvalue weighted by Gasteiger charge is 2.40. The third-order valence-corrected chi connectivity index (χ3v) is 4.89. The summed E-state index contributed by atoms with van der Waals surface area (Å²) in [7, 11) is 0. The number of likely N-dealkylation sites (tertiary alicyclic amines) is 1. The number of hydrogen-bond acceptors (Lipinski definition) is 3. The molecule has 0 saturated carbocycles. The van der Waals surface area contributed by atoms with E-state index in [1.807, 2.05) is 19.9 Å². The molecule has 0 bridgehead atoms. The monoisotopic (exact) mass is 358 g/mol. The Morgan fingerprint density at radius 1 is 1.50 bits per heavy atom. The Morgan fingerprint density at radius 2 is 2.20 bits per heavy atom. The normalized spacial score (nSPS) is 20.4. The number of nitrogens with one attached hydrogen (secondary N) is 1. The number of rotatable bonds is 4. The Labute approximate surface area is 131 Å². The lowest BCUT2D eigenvalue weighted by Gasteiger charge is -2.22. The number of imide groups is 1. The maximum atomic E-state index is 12.3. The number of hydrogen-bond donors (Lipinski definition) is 1. The van der Waals surface area contributed by atoms with Crippen molar-refractivity contribution in [2.45, 2.75) is 38.8 Å². The van der Waals surface area contributed by atoms with E-state index in [0.717, 1.165) is 12.1 Å². The number of nitrogens with zero attached hydrogens (tertiary/aromatic N) is 1. The van der Waals surface area contributed by atoms with Crippen LogP contribution in [0.5, 0.6) is 0 Å². The van der Waals surface area contributed by atoms with Crippen molar-refractivity contribution in [1.29, 1.82) is 0 Å². The summed E-state index contributed by atoms with van der Waals surface area (Å²) in [5.74, 6) is -0.295. The van der Waals surface area contributed by atoms with Gasteiger partial charge in [0.25, 0.3) is 5.91 Å². The van der Waals surface area contributed by atoms with Crippen LogP contribution in [0.3, 0.4) is 0 Å². The van der Waals surface area contributed by atoms with Gasteiger partial charge in [0.05, 0.1) is 21.6 Å². The second-order valence-corrected chi connectivity index (χ2v) is 6.06. The predicted octanol–water partition coefficient (Wildman–Crippen LogP) is 3.44. The average molecular weight is 360 g/mol. The van der Waals surface area contributed by atoms with Gasteiger partial charge >= 0.3 is 0 Å². The van der Waals surface area contributed by atoms with E-state index in [4.69, 9.17) is 11.6 Å². The first-order valence-electron chi connectivity index (χ1n) is 6.52. The number of halogens is 2. The van der Waals surface area contributed by atoms with Gasteiger partial charge in [-0.25, -0.2) is 0 Å². The molecule has 1 aliphatic heterocycles. The molecule has 0 aromatic heterocycles. The molecule has 2 atom stereocenters. The van der Waals surface area contributed by atoms with Crippen LogP contribution in [0, 0.1) is 0 Å². The van der Waals surface area contributed by atoms with Gasteiger partial charge in [-0.3, -0.25) is 14.5 Å². The molecular formula is C14H16BrClN2O2. The van der Waals surface area contributed by atoms with Crippen molar-refractivity contribution in [3.63, 3.8) is 0 Å². The standard InChI is InChI=1S/C14H16BrClN2O2/c1-3-8(2)18-12(19)7-11(14(18)20)17-10-6-4-5-9(16)13(10)15/h4-6,8,11,17H,3,7H2,1-2H3. The largest absolute Gasteiger partial charge is 0.372 e. The van der Waals surface area contributed by atoms with Crippen LogP contribution in [0.1, 0.15) is 26.7 Å². The quantitative estimate of drug-likeness (QED) is 0.838. The molecule has 6 heteroatoms. The second-order valence-electron chi connectivity index (χ2n) is 4.86. The van der Waals surface area contributed by atoms with E-state index in [1.165, 1.54) is 4.90 Å². The van der Waals surface area contributed by atoms with Gasteiger partial charge in [0.1, 0.15) is 6.04 Å².